The maximum Gasteiger partial charge on any atom is 0.335 e. The van der Waals surface area contributed by atoms with Crippen LogP contribution in [0.3, 0.4) is 0 Å². The molecule has 2 aromatic heterocycles. The Kier molecular flexibility index (Phi) is 4.94. The van der Waals surface area contributed by atoms with E-state index in [-0.39, 0.29) is 18.0 Å². The molecular formula is C13H14N4O3S. The molecule has 7 nitrogen and oxygen atoms in total. The zero-order valence-electron chi connectivity index (χ0n) is 11.4. The number of pyridine rings is 1. The Hall–Kier alpha value is -2.35. The van der Waals surface area contributed by atoms with E-state index >= 15 is 0 Å². The molecule has 0 radical (unpaired) electrons. The summed E-state index contributed by atoms with van der Waals surface area (Å²) >= 11 is 1.05. The van der Waals surface area contributed by atoms with Gasteiger partial charge in [0.15, 0.2) is 0 Å². The van der Waals surface area contributed by atoms with E-state index in [0.717, 1.165) is 18.0 Å². The van der Waals surface area contributed by atoms with E-state index in [2.05, 4.69) is 19.9 Å². The first-order valence-corrected chi connectivity index (χ1v) is 7.16. The average molecular weight is 306 g/mol. The molecule has 21 heavy (non-hydrogen) atoms. The highest BCUT2D eigenvalue weighted by Crippen LogP contribution is 2.12. The predicted octanol–water partition coefficient (Wildman–Crippen LogP) is 1.51. The predicted molar refractivity (Wildman–Crippen MR) is 76.3 cm³/mol. The van der Waals surface area contributed by atoms with Gasteiger partial charge in [-0.3, -0.25) is 9.78 Å². The molecule has 0 saturated carbocycles. The molecule has 0 unspecified atom stereocenters. The summed E-state index contributed by atoms with van der Waals surface area (Å²) in [7, 11) is 0. The largest absolute Gasteiger partial charge is 0.478 e. The minimum atomic E-state index is -1.03. The standard InChI is InChI=1S/C13H14N4O3S/c1-2-3-10-11(21-17-16-10)12(18)15-7-9-6-8(13(19)20)4-5-14-9/h4-6H,2-3,7H2,1H3,(H,15,18)(H,19,20). The van der Waals surface area contributed by atoms with Crippen LogP contribution in [0.5, 0.6) is 0 Å². The van der Waals surface area contributed by atoms with Crippen LogP contribution in [-0.2, 0) is 13.0 Å². The molecule has 0 spiro atoms. The molecule has 2 aromatic rings. The van der Waals surface area contributed by atoms with Crippen LogP contribution in [0.15, 0.2) is 18.3 Å². The zero-order valence-corrected chi connectivity index (χ0v) is 12.2. The van der Waals surface area contributed by atoms with E-state index in [9.17, 15) is 9.59 Å². The third-order valence-electron chi connectivity index (χ3n) is 2.74. The van der Waals surface area contributed by atoms with Crippen LogP contribution in [-0.4, -0.2) is 31.6 Å². The number of rotatable bonds is 6. The van der Waals surface area contributed by atoms with E-state index in [4.69, 9.17) is 5.11 Å². The number of aromatic carboxylic acids is 1. The topological polar surface area (TPSA) is 105 Å². The number of aromatic nitrogens is 3. The van der Waals surface area contributed by atoms with Crippen molar-refractivity contribution in [2.45, 2.75) is 26.3 Å². The molecule has 110 valence electrons. The number of aryl methyl sites for hydroxylation is 1. The molecule has 0 bridgehead atoms. The van der Waals surface area contributed by atoms with Crippen molar-refractivity contribution in [2.75, 3.05) is 0 Å². The van der Waals surface area contributed by atoms with Gasteiger partial charge < -0.3 is 10.4 Å². The number of hydrogen-bond acceptors (Lipinski definition) is 6. The lowest BCUT2D eigenvalue weighted by molar-refractivity contribution is 0.0696. The van der Waals surface area contributed by atoms with Crippen LogP contribution in [0.2, 0.25) is 0 Å². The van der Waals surface area contributed by atoms with E-state index in [1.807, 2.05) is 6.92 Å². The maximum atomic E-state index is 12.1. The Balaban J connectivity index is 2.02. The van der Waals surface area contributed by atoms with Gasteiger partial charge in [-0.2, -0.15) is 0 Å². The quantitative estimate of drug-likeness (QED) is 0.838. The highest BCUT2D eigenvalue weighted by atomic mass is 32.1. The number of carboxylic acids is 1. The van der Waals surface area contributed by atoms with Crippen LogP contribution in [0, 0.1) is 0 Å². The summed E-state index contributed by atoms with van der Waals surface area (Å²) in [4.78, 5) is 27.5. The van der Waals surface area contributed by atoms with Gasteiger partial charge in [-0.25, -0.2) is 4.79 Å². The van der Waals surface area contributed by atoms with Gasteiger partial charge >= 0.3 is 5.97 Å². The molecule has 8 heteroatoms. The van der Waals surface area contributed by atoms with Crippen LogP contribution < -0.4 is 5.32 Å². The van der Waals surface area contributed by atoms with Gasteiger partial charge in [0, 0.05) is 6.20 Å². The summed E-state index contributed by atoms with van der Waals surface area (Å²) in [6, 6.07) is 2.83. The number of nitrogens with one attached hydrogen (secondary N) is 1. The van der Waals surface area contributed by atoms with Crippen molar-refractivity contribution in [2.24, 2.45) is 0 Å². The molecule has 0 fully saturated rings. The molecule has 0 aliphatic rings. The highest BCUT2D eigenvalue weighted by molar-refractivity contribution is 7.08. The summed E-state index contributed by atoms with van der Waals surface area (Å²) in [5.74, 6) is -1.29. The zero-order chi connectivity index (χ0) is 15.2. The second-order valence-electron chi connectivity index (χ2n) is 4.32. The van der Waals surface area contributed by atoms with Crippen molar-refractivity contribution < 1.29 is 14.7 Å². The Morgan fingerprint density at radius 2 is 2.24 bits per heavy atom. The first-order valence-electron chi connectivity index (χ1n) is 6.39. The van der Waals surface area contributed by atoms with Crippen molar-refractivity contribution in [1.82, 2.24) is 19.9 Å². The number of carboxylic acid groups (broad SMARTS) is 1. The van der Waals surface area contributed by atoms with Gasteiger partial charge in [0.25, 0.3) is 5.91 Å². The fourth-order valence-electron chi connectivity index (χ4n) is 1.74. The number of hydrogen-bond donors (Lipinski definition) is 2. The average Bonchev–Trinajstić information content (AvgIpc) is 2.94. The van der Waals surface area contributed by atoms with Crippen molar-refractivity contribution in [1.29, 1.82) is 0 Å². The molecule has 0 aliphatic carbocycles. The second kappa shape index (κ2) is 6.89. The fourth-order valence-corrected chi connectivity index (χ4v) is 2.36. The lowest BCUT2D eigenvalue weighted by Crippen LogP contribution is -2.23. The molecular weight excluding hydrogens is 292 g/mol. The van der Waals surface area contributed by atoms with Crippen LogP contribution in [0.4, 0.5) is 0 Å². The minimum Gasteiger partial charge on any atom is -0.478 e. The Labute approximate surface area is 125 Å². The number of carbonyl (C=O) groups is 2. The summed E-state index contributed by atoms with van der Waals surface area (Å²) in [6.45, 7) is 2.16. The smallest absolute Gasteiger partial charge is 0.335 e. The van der Waals surface area contributed by atoms with Crippen molar-refractivity contribution >= 4 is 23.4 Å². The SMILES string of the molecule is CCCc1nnsc1C(=O)NCc1cc(C(=O)O)ccn1. The van der Waals surface area contributed by atoms with Crippen molar-refractivity contribution in [3.05, 3.63) is 40.2 Å². The summed E-state index contributed by atoms with van der Waals surface area (Å²) in [5, 5.41) is 15.5. The normalized spacial score (nSPS) is 10.3. The highest BCUT2D eigenvalue weighted by Gasteiger charge is 2.15. The van der Waals surface area contributed by atoms with Gasteiger partial charge in [-0.15, -0.1) is 5.10 Å². The van der Waals surface area contributed by atoms with Gasteiger partial charge in [0.1, 0.15) is 4.88 Å². The molecule has 2 rings (SSSR count). The maximum absolute atomic E-state index is 12.1. The molecule has 2 heterocycles. The Morgan fingerprint density at radius 1 is 1.43 bits per heavy atom. The summed E-state index contributed by atoms with van der Waals surface area (Å²) in [5.41, 5.74) is 1.31. The third kappa shape index (κ3) is 3.82. The van der Waals surface area contributed by atoms with Gasteiger partial charge in [-0.05, 0) is 30.1 Å². The fraction of sp³-hybridized carbons (Fsp3) is 0.308. The third-order valence-corrected chi connectivity index (χ3v) is 3.51. The Morgan fingerprint density at radius 3 is 2.95 bits per heavy atom. The molecule has 1 amide bonds. The van der Waals surface area contributed by atoms with E-state index in [1.165, 1.54) is 18.3 Å². The molecule has 0 atom stereocenters. The summed E-state index contributed by atoms with van der Waals surface area (Å²) in [6.07, 6.45) is 2.99. The number of carbonyl (C=O) groups excluding carboxylic acids is 1. The van der Waals surface area contributed by atoms with Crippen LogP contribution in [0.1, 0.15) is 44.8 Å². The van der Waals surface area contributed by atoms with E-state index in [0.29, 0.717) is 22.7 Å². The van der Waals surface area contributed by atoms with E-state index in [1.54, 1.807) is 0 Å². The molecule has 0 saturated heterocycles. The van der Waals surface area contributed by atoms with Gasteiger partial charge in [0.2, 0.25) is 0 Å². The molecule has 2 N–H and O–H groups in total. The lowest BCUT2D eigenvalue weighted by Gasteiger charge is -2.04. The van der Waals surface area contributed by atoms with E-state index < -0.39 is 5.97 Å². The van der Waals surface area contributed by atoms with Gasteiger partial charge in [0.05, 0.1) is 23.5 Å². The first-order chi connectivity index (χ1) is 10.1. The molecule has 0 aromatic carbocycles. The number of amides is 1. The lowest BCUT2D eigenvalue weighted by atomic mass is 10.2. The molecule has 0 aliphatic heterocycles. The monoisotopic (exact) mass is 306 g/mol. The number of nitrogens with zero attached hydrogens (tertiary/aromatic N) is 3. The first kappa shape index (κ1) is 15.0. The Bertz CT molecular complexity index is 656. The summed E-state index contributed by atoms with van der Waals surface area (Å²) < 4.78 is 3.79. The van der Waals surface area contributed by atoms with Gasteiger partial charge in [-0.1, -0.05) is 17.8 Å². The van der Waals surface area contributed by atoms with Crippen molar-refractivity contribution in [3.63, 3.8) is 0 Å². The van der Waals surface area contributed by atoms with Crippen LogP contribution in [0.25, 0.3) is 0 Å². The second-order valence-corrected chi connectivity index (χ2v) is 5.08. The van der Waals surface area contributed by atoms with Crippen LogP contribution >= 0.6 is 11.5 Å². The van der Waals surface area contributed by atoms with Crippen molar-refractivity contribution in [3.8, 4) is 0 Å². The minimum absolute atomic E-state index is 0.139.